The SMILES string of the molecule is COc1ccccc1Cn1nc(C)c2c1C(=O)NC2c1ccc(Br)cc1. The maximum absolute atomic E-state index is 12.7. The monoisotopic (exact) mass is 411 g/mol. The van der Waals surface area contributed by atoms with Crippen molar-refractivity contribution in [1.82, 2.24) is 15.1 Å². The normalized spacial score (nSPS) is 15.7. The number of hydrogen-bond acceptors (Lipinski definition) is 3. The molecule has 5 nitrogen and oxygen atoms in total. The van der Waals surface area contributed by atoms with Crippen molar-refractivity contribution >= 4 is 21.8 Å². The molecule has 2 heterocycles. The third-order valence-electron chi connectivity index (χ3n) is 4.67. The summed E-state index contributed by atoms with van der Waals surface area (Å²) < 4.78 is 8.21. The van der Waals surface area contributed by atoms with Crippen molar-refractivity contribution in [2.24, 2.45) is 0 Å². The second-order valence-electron chi connectivity index (χ2n) is 6.28. The molecule has 132 valence electrons. The first kappa shape index (κ1) is 16.8. The van der Waals surface area contributed by atoms with Crippen LogP contribution in [0.25, 0.3) is 0 Å². The molecule has 1 unspecified atom stereocenters. The number of hydrogen-bond donors (Lipinski definition) is 1. The van der Waals surface area contributed by atoms with E-state index in [0.29, 0.717) is 12.2 Å². The van der Waals surface area contributed by atoms with E-state index >= 15 is 0 Å². The molecule has 3 aromatic rings. The van der Waals surface area contributed by atoms with E-state index in [1.165, 1.54) is 0 Å². The Morgan fingerprint density at radius 1 is 1.19 bits per heavy atom. The number of rotatable bonds is 4. The Kier molecular flexibility index (Phi) is 4.28. The van der Waals surface area contributed by atoms with Gasteiger partial charge in [-0.2, -0.15) is 5.10 Å². The van der Waals surface area contributed by atoms with Crippen LogP contribution in [0.5, 0.6) is 5.75 Å². The Labute approximate surface area is 160 Å². The van der Waals surface area contributed by atoms with Crippen LogP contribution in [0.1, 0.15) is 38.9 Å². The Bertz CT molecular complexity index is 979. The Morgan fingerprint density at radius 2 is 1.92 bits per heavy atom. The van der Waals surface area contributed by atoms with Crippen LogP contribution in [0.4, 0.5) is 0 Å². The summed E-state index contributed by atoms with van der Waals surface area (Å²) in [6.45, 7) is 2.43. The number of amides is 1. The lowest BCUT2D eigenvalue weighted by Crippen LogP contribution is -2.23. The molecule has 0 aliphatic carbocycles. The van der Waals surface area contributed by atoms with Crippen molar-refractivity contribution in [2.45, 2.75) is 19.5 Å². The topological polar surface area (TPSA) is 56.2 Å². The van der Waals surface area contributed by atoms with Gasteiger partial charge in [-0.15, -0.1) is 0 Å². The molecular weight excluding hydrogens is 394 g/mol. The molecular formula is C20H18BrN3O2. The van der Waals surface area contributed by atoms with Crippen LogP contribution in [0.15, 0.2) is 53.0 Å². The van der Waals surface area contributed by atoms with E-state index in [4.69, 9.17) is 4.74 Å². The summed E-state index contributed by atoms with van der Waals surface area (Å²) in [5.74, 6) is 0.695. The highest BCUT2D eigenvalue weighted by atomic mass is 79.9. The number of carbonyl (C=O) groups is 1. The fraction of sp³-hybridized carbons (Fsp3) is 0.200. The number of para-hydroxylation sites is 1. The number of fused-ring (bicyclic) bond motifs is 1. The van der Waals surface area contributed by atoms with Crippen LogP contribution in [-0.2, 0) is 6.54 Å². The molecule has 1 amide bonds. The average molecular weight is 412 g/mol. The van der Waals surface area contributed by atoms with Gasteiger partial charge in [-0.05, 0) is 30.7 Å². The molecule has 1 aromatic heterocycles. The summed E-state index contributed by atoms with van der Waals surface area (Å²) in [6, 6.07) is 15.6. The van der Waals surface area contributed by atoms with Crippen molar-refractivity contribution < 1.29 is 9.53 Å². The highest BCUT2D eigenvalue weighted by Crippen LogP contribution is 2.34. The van der Waals surface area contributed by atoms with Crippen LogP contribution >= 0.6 is 15.9 Å². The molecule has 2 aromatic carbocycles. The molecule has 1 atom stereocenters. The van der Waals surface area contributed by atoms with Crippen molar-refractivity contribution in [3.63, 3.8) is 0 Å². The lowest BCUT2D eigenvalue weighted by Gasteiger charge is -2.12. The fourth-order valence-corrected chi connectivity index (χ4v) is 3.73. The summed E-state index contributed by atoms with van der Waals surface area (Å²) >= 11 is 3.45. The number of nitrogens with zero attached hydrogens (tertiary/aromatic N) is 2. The zero-order valence-corrected chi connectivity index (χ0v) is 16.1. The lowest BCUT2D eigenvalue weighted by molar-refractivity contribution is 0.0950. The van der Waals surface area contributed by atoms with Gasteiger partial charge in [0.1, 0.15) is 11.4 Å². The van der Waals surface area contributed by atoms with Gasteiger partial charge in [0.15, 0.2) is 0 Å². The quantitative estimate of drug-likeness (QED) is 0.709. The lowest BCUT2D eigenvalue weighted by atomic mass is 10.0. The van der Waals surface area contributed by atoms with Crippen LogP contribution < -0.4 is 10.1 Å². The predicted octanol–water partition coefficient (Wildman–Crippen LogP) is 3.84. The van der Waals surface area contributed by atoms with E-state index in [0.717, 1.165) is 32.6 Å². The number of benzene rings is 2. The predicted molar refractivity (Wildman–Crippen MR) is 103 cm³/mol. The van der Waals surface area contributed by atoms with Crippen molar-refractivity contribution in [3.8, 4) is 5.75 Å². The maximum Gasteiger partial charge on any atom is 0.270 e. The summed E-state index contributed by atoms with van der Waals surface area (Å²) in [7, 11) is 1.65. The van der Waals surface area contributed by atoms with E-state index in [-0.39, 0.29) is 11.9 Å². The standard InChI is InChI=1S/C20H18BrN3O2/c1-12-17-18(13-7-9-15(21)10-8-13)22-20(25)19(17)24(23-12)11-14-5-3-4-6-16(14)26-2/h3-10,18H,11H2,1-2H3,(H,22,25). The zero-order valence-electron chi connectivity index (χ0n) is 14.5. The molecule has 1 N–H and O–H groups in total. The smallest absolute Gasteiger partial charge is 0.270 e. The van der Waals surface area contributed by atoms with E-state index < -0.39 is 0 Å². The second kappa shape index (κ2) is 6.61. The van der Waals surface area contributed by atoms with Gasteiger partial charge >= 0.3 is 0 Å². The van der Waals surface area contributed by atoms with E-state index in [1.807, 2.05) is 55.5 Å². The minimum absolute atomic E-state index is 0.0941. The minimum Gasteiger partial charge on any atom is -0.496 e. The van der Waals surface area contributed by atoms with Gasteiger partial charge in [-0.25, -0.2) is 0 Å². The fourth-order valence-electron chi connectivity index (χ4n) is 3.47. The third kappa shape index (κ3) is 2.80. The number of halogens is 1. The number of nitrogens with one attached hydrogen (secondary N) is 1. The average Bonchev–Trinajstić information content (AvgIpc) is 3.15. The molecule has 0 fully saturated rings. The molecule has 0 bridgehead atoms. The first-order valence-corrected chi connectivity index (χ1v) is 9.13. The van der Waals surface area contributed by atoms with Crippen LogP contribution in [0, 0.1) is 6.92 Å². The molecule has 26 heavy (non-hydrogen) atoms. The van der Waals surface area contributed by atoms with E-state index in [9.17, 15) is 4.79 Å². The van der Waals surface area contributed by atoms with E-state index in [2.05, 4.69) is 26.3 Å². The second-order valence-corrected chi connectivity index (χ2v) is 7.19. The number of methoxy groups -OCH3 is 1. The summed E-state index contributed by atoms with van der Waals surface area (Å²) in [4.78, 5) is 12.7. The van der Waals surface area contributed by atoms with Gasteiger partial charge in [-0.1, -0.05) is 46.3 Å². The van der Waals surface area contributed by atoms with Gasteiger partial charge in [0.25, 0.3) is 5.91 Å². The summed E-state index contributed by atoms with van der Waals surface area (Å²) in [6.07, 6.45) is 0. The molecule has 0 spiro atoms. The third-order valence-corrected chi connectivity index (χ3v) is 5.20. The largest absolute Gasteiger partial charge is 0.496 e. The number of aromatic nitrogens is 2. The van der Waals surface area contributed by atoms with Crippen molar-refractivity contribution in [1.29, 1.82) is 0 Å². The Hall–Kier alpha value is -2.60. The molecule has 1 aliphatic heterocycles. The highest BCUT2D eigenvalue weighted by Gasteiger charge is 2.36. The van der Waals surface area contributed by atoms with Crippen molar-refractivity contribution in [2.75, 3.05) is 7.11 Å². The Morgan fingerprint density at radius 3 is 2.65 bits per heavy atom. The van der Waals surface area contributed by atoms with Gasteiger partial charge in [-0.3, -0.25) is 9.48 Å². The Balaban J connectivity index is 1.75. The molecule has 6 heteroatoms. The van der Waals surface area contributed by atoms with E-state index in [1.54, 1.807) is 11.8 Å². The van der Waals surface area contributed by atoms with Gasteiger partial charge in [0.05, 0.1) is 25.4 Å². The van der Waals surface area contributed by atoms with Gasteiger partial charge in [0.2, 0.25) is 0 Å². The van der Waals surface area contributed by atoms with Gasteiger partial charge in [0, 0.05) is 15.6 Å². The first-order chi connectivity index (χ1) is 12.6. The van der Waals surface area contributed by atoms with Crippen molar-refractivity contribution in [3.05, 3.63) is 81.1 Å². The van der Waals surface area contributed by atoms with Crippen LogP contribution in [0.2, 0.25) is 0 Å². The molecule has 1 aliphatic rings. The number of ether oxygens (including phenoxy) is 1. The highest BCUT2D eigenvalue weighted by molar-refractivity contribution is 9.10. The maximum atomic E-state index is 12.7. The van der Waals surface area contributed by atoms with Crippen LogP contribution in [-0.4, -0.2) is 22.8 Å². The first-order valence-electron chi connectivity index (χ1n) is 8.34. The number of carbonyl (C=O) groups excluding carboxylic acids is 1. The molecule has 0 saturated heterocycles. The zero-order chi connectivity index (χ0) is 18.3. The van der Waals surface area contributed by atoms with Crippen LogP contribution in [0.3, 0.4) is 0 Å². The minimum atomic E-state index is -0.169. The molecule has 0 saturated carbocycles. The summed E-state index contributed by atoms with van der Waals surface area (Å²) in [5.41, 5.74) is 4.47. The van der Waals surface area contributed by atoms with Gasteiger partial charge < -0.3 is 10.1 Å². The molecule has 0 radical (unpaired) electrons. The summed E-state index contributed by atoms with van der Waals surface area (Å²) in [5, 5.41) is 7.72. The number of aryl methyl sites for hydroxylation is 1. The molecule has 4 rings (SSSR count).